The molecule has 3 aromatic heterocycles. The highest BCUT2D eigenvalue weighted by molar-refractivity contribution is 7.99. The van der Waals surface area contributed by atoms with E-state index in [0.717, 1.165) is 41.6 Å². The Morgan fingerprint density at radius 3 is 2.72 bits per heavy atom. The van der Waals surface area contributed by atoms with Crippen LogP contribution in [0.2, 0.25) is 0 Å². The molecular weight excluding hydrogens is 557 g/mol. The number of nitrogens with one attached hydrogen (secondary N) is 1. The van der Waals surface area contributed by atoms with E-state index in [0.29, 0.717) is 40.0 Å². The SMILES string of the molecule is COc1ccc(CCn2c(SCC(=O)Nc3sccc3C(N)=O)nc3sc4c(c3c2=O)CCCC4)cc1OC. The number of hydrogen-bond donors (Lipinski definition) is 2. The molecule has 3 N–H and O–H groups in total. The van der Waals surface area contributed by atoms with Gasteiger partial charge in [-0.3, -0.25) is 19.0 Å². The van der Waals surface area contributed by atoms with Crippen LogP contribution >= 0.6 is 34.4 Å². The maximum absolute atomic E-state index is 13.9. The van der Waals surface area contributed by atoms with Crippen LogP contribution in [-0.2, 0) is 30.6 Å². The summed E-state index contributed by atoms with van der Waals surface area (Å²) in [5, 5.41) is 6.06. The molecule has 0 spiro atoms. The van der Waals surface area contributed by atoms with Crippen LogP contribution in [0.1, 0.15) is 39.2 Å². The van der Waals surface area contributed by atoms with E-state index in [4.69, 9.17) is 20.2 Å². The van der Waals surface area contributed by atoms with E-state index >= 15 is 0 Å². The number of nitrogens with zero attached hydrogens (tertiary/aromatic N) is 2. The summed E-state index contributed by atoms with van der Waals surface area (Å²) in [7, 11) is 3.18. The lowest BCUT2D eigenvalue weighted by atomic mass is 9.97. The second kappa shape index (κ2) is 11.8. The van der Waals surface area contributed by atoms with Crippen molar-refractivity contribution >= 4 is 61.5 Å². The number of thiophene rings is 2. The van der Waals surface area contributed by atoms with Crippen molar-refractivity contribution in [2.45, 2.75) is 43.8 Å². The molecule has 12 heteroatoms. The number of methoxy groups -OCH3 is 2. The summed E-state index contributed by atoms with van der Waals surface area (Å²) >= 11 is 4.02. The van der Waals surface area contributed by atoms with Gasteiger partial charge < -0.3 is 20.5 Å². The maximum Gasteiger partial charge on any atom is 0.263 e. The molecule has 1 aliphatic rings. The second-order valence-electron chi connectivity index (χ2n) is 9.05. The van der Waals surface area contributed by atoms with E-state index in [-0.39, 0.29) is 22.8 Å². The molecule has 5 rings (SSSR count). The fraction of sp³-hybridized carbons (Fsp3) is 0.333. The summed E-state index contributed by atoms with van der Waals surface area (Å²) in [6, 6.07) is 7.27. The fourth-order valence-corrected chi connectivity index (χ4v) is 7.63. The number of benzene rings is 1. The zero-order valence-corrected chi connectivity index (χ0v) is 24.0. The predicted octanol–water partition coefficient (Wildman–Crippen LogP) is 4.49. The van der Waals surface area contributed by atoms with Crippen LogP contribution in [-0.4, -0.2) is 41.3 Å². The summed E-state index contributed by atoms with van der Waals surface area (Å²) in [6.07, 6.45) is 4.60. The normalized spacial score (nSPS) is 12.8. The molecule has 2 amide bonds. The molecule has 0 aliphatic heterocycles. The van der Waals surface area contributed by atoms with Gasteiger partial charge in [-0.25, -0.2) is 4.98 Å². The van der Waals surface area contributed by atoms with E-state index in [1.807, 2.05) is 18.2 Å². The number of nitrogens with two attached hydrogens (primary N) is 1. The predicted molar refractivity (Wildman–Crippen MR) is 156 cm³/mol. The summed E-state index contributed by atoms with van der Waals surface area (Å²) in [5.74, 6) is 0.375. The topological polar surface area (TPSA) is 126 Å². The van der Waals surface area contributed by atoms with Gasteiger partial charge in [-0.15, -0.1) is 22.7 Å². The molecule has 0 unspecified atom stereocenters. The van der Waals surface area contributed by atoms with Crippen molar-refractivity contribution in [3.63, 3.8) is 0 Å². The van der Waals surface area contributed by atoms with E-state index < -0.39 is 5.91 Å². The molecule has 0 fully saturated rings. The van der Waals surface area contributed by atoms with E-state index in [1.54, 1.807) is 41.6 Å². The Bertz CT molecular complexity index is 1610. The van der Waals surface area contributed by atoms with Gasteiger partial charge in [0.2, 0.25) is 5.91 Å². The van der Waals surface area contributed by atoms with Crippen LogP contribution in [0.25, 0.3) is 10.2 Å². The first-order valence-electron chi connectivity index (χ1n) is 12.5. The van der Waals surface area contributed by atoms with Crippen LogP contribution in [0.15, 0.2) is 39.6 Å². The molecule has 1 aromatic carbocycles. The molecule has 204 valence electrons. The zero-order chi connectivity index (χ0) is 27.5. The van der Waals surface area contributed by atoms with Gasteiger partial charge in [0.1, 0.15) is 9.83 Å². The number of ether oxygens (including phenoxy) is 2. The second-order valence-corrected chi connectivity index (χ2v) is 12.0. The number of hydrogen-bond acceptors (Lipinski definition) is 9. The van der Waals surface area contributed by atoms with Crippen molar-refractivity contribution in [2.75, 3.05) is 25.3 Å². The minimum absolute atomic E-state index is 0.0233. The highest BCUT2D eigenvalue weighted by Crippen LogP contribution is 2.35. The molecule has 0 radical (unpaired) electrons. The fourth-order valence-electron chi connectivity index (χ4n) is 4.70. The van der Waals surface area contributed by atoms with Gasteiger partial charge in [0.05, 0.1) is 30.9 Å². The Morgan fingerprint density at radius 1 is 1.15 bits per heavy atom. The monoisotopic (exact) mass is 584 g/mol. The van der Waals surface area contributed by atoms with Crippen molar-refractivity contribution < 1.29 is 19.1 Å². The summed E-state index contributed by atoms with van der Waals surface area (Å²) in [6.45, 7) is 0.391. The lowest BCUT2D eigenvalue weighted by Crippen LogP contribution is -2.25. The Hall–Kier alpha value is -3.35. The average molecular weight is 585 g/mol. The molecule has 39 heavy (non-hydrogen) atoms. The van der Waals surface area contributed by atoms with E-state index in [1.165, 1.54) is 28.0 Å². The van der Waals surface area contributed by atoms with Gasteiger partial charge in [-0.1, -0.05) is 17.8 Å². The standard InChI is InChI=1S/C27H28N4O5S3/c1-35-18-8-7-15(13-19(18)36-2)9-11-31-26(34)22-16-5-3-4-6-20(16)39-25(22)30-27(31)38-14-21(32)29-24-17(23(28)33)10-12-37-24/h7-8,10,12-13H,3-6,9,11,14H2,1-2H3,(H2,28,33)(H,29,32). The van der Waals surface area contributed by atoms with Crippen LogP contribution in [0.3, 0.4) is 0 Å². The largest absolute Gasteiger partial charge is 0.493 e. The van der Waals surface area contributed by atoms with Crippen LogP contribution < -0.4 is 26.1 Å². The van der Waals surface area contributed by atoms with Crippen molar-refractivity contribution in [3.8, 4) is 11.5 Å². The van der Waals surface area contributed by atoms with E-state index in [9.17, 15) is 14.4 Å². The van der Waals surface area contributed by atoms with E-state index in [2.05, 4.69) is 5.32 Å². The lowest BCUT2D eigenvalue weighted by molar-refractivity contribution is -0.113. The molecule has 3 heterocycles. The quantitative estimate of drug-likeness (QED) is 0.208. The Morgan fingerprint density at radius 2 is 1.95 bits per heavy atom. The Balaban J connectivity index is 1.43. The molecule has 9 nitrogen and oxygen atoms in total. The van der Waals surface area contributed by atoms with Crippen molar-refractivity contribution in [1.29, 1.82) is 0 Å². The number of carbonyl (C=O) groups is 2. The maximum atomic E-state index is 13.9. The zero-order valence-electron chi connectivity index (χ0n) is 21.6. The van der Waals surface area contributed by atoms with Crippen molar-refractivity contribution in [3.05, 3.63) is 61.6 Å². The highest BCUT2D eigenvalue weighted by atomic mass is 32.2. The Labute approximate surface area is 237 Å². The van der Waals surface area contributed by atoms with Gasteiger partial charge in [-0.05, 0) is 66.8 Å². The number of rotatable bonds is 10. The first-order chi connectivity index (χ1) is 18.9. The molecule has 4 aromatic rings. The molecule has 0 saturated heterocycles. The summed E-state index contributed by atoms with van der Waals surface area (Å²) in [5.41, 5.74) is 7.71. The molecule has 0 saturated carbocycles. The smallest absolute Gasteiger partial charge is 0.263 e. The first-order valence-corrected chi connectivity index (χ1v) is 15.1. The third-order valence-electron chi connectivity index (χ3n) is 6.63. The van der Waals surface area contributed by atoms with Crippen molar-refractivity contribution in [2.24, 2.45) is 5.73 Å². The van der Waals surface area contributed by atoms with Gasteiger partial charge in [0, 0.05) is 11.4 Å². The third kappa shape index (κ3) is 5.68. The number of aryl methyl sites for hydroxylation is 3. The summed E-state index contributed by atoms with van der Waals surface area (Å²) in [4.78, 5) is 45.1. The minimum atomic E-state index is -0.600. The molecule has 0 atom stereocenters. The highest BCUT2D eigenvalue weighted by Gasteiger charge is 2.23. The van der Waals surface area contributed by atoms with Gasteiger partial charge in [0.15, 0.2) is 16.7 Å². The summed E-state index contributed by atoms with van der Waals surface area (Å²) < 4.78 is 12.5. The van der Waals surface area contributed by atoms with Crippen LogP contribution in [0.4, 0.5) is 5.00 Å². The van der Waals surface area contributed by atoms with Gasteiger partial charge in [-0.2, -0.15) is 0 Å². The number of carbonyl (C=O) groups excluding carboxylic acids is 2. The first kappa shape index (κ1) is 27.2. The number of anilines is 1. The van der Waals surface area contributed by atoms with Gasteiger partial charge >= 0.3 is 0 Å². The van der Waals surface area contributed by atoms with Gasteiger partial charge in [0.25, 0.3) is 11.5 Å². The van der Waals surface area contributed by atoms with Crippen LogP contribution in [0, 0.1) is 0 Å². The number of primary amides is 1. The molecule has 0 bridgehead atoms. The average Bonchev–Trinajstić information content (AvgIpc) is 3.55. The number of fused-ring (bicyclic) bond motifs is 3. The van der Waals surface area contributed by atoms with Crippen molar-refractivity contribution in [1.82, 2.24) is 9.55 Å². The number of aromatic nitrogens is 2. The minimum Gasteiger partial charge on any atom is -0.493 e. The lowest BCUT2D eigenvalue weighted by Gasteiger charge is -2.14. The van der Waals surface area contributed by atoms with Crippen LogP contribution in [0.5, 0.6) is 11.5 Å². The third-order valence-corrected chi connectivity index (χ3v) is 9.62. The Kier molecular flexibility index (Phi) is 8.24. The number of amides is 2. The number of thioether (sulfide) groups is 1. The molecule has 1 aliphatic carbocycles. The molecular formula is C27H28N4O5S3.